The largest absolute Gasteiger partial charge is 0.491 e. The summed E-state index contributed by atoms with van der Waals surface area (Å²) in [4.78, 5) is 12.3. The molecule has 0 bridgehead atoms. The Bertz CT molecular complexity index is 692. The number of ether oxygens (including phenoxy) is 1. The van der Waals surface area contributed by atoms with Gasteiger partial charge in [0.05, 0.1) is 5.56 Å². The number of benzene rings is 2. The van der Waals surface area contributed by atoms with Gasteiger partial charge in [-0.25, -0.2) is 4.79 Å². The molecule has 2 aromatic carbocycles. The zero-order chi connectivity index (χ0) is 15.8. The summed E-state index contributed by atoms with van der Waals surface area (Å²) in [5.74, 6) is -0.496. The number of fused-ring (bicyclic) bond motifs is 1. The summed E-state index contributed by atoms with van der Waals surface area (Å²) in [5.41, 5.74) is 5.88. The van der Waals surface area contributed by atoms with Gasteiger partial charge in [0.2, 0.25) is 0 Å². The molecule has 0 atom stereocenters. The van der Waals surface area contributed by atoms with Crippen LogP contribution >= 0.6 is 0 Å². The van der Waals surface area contributed by atoms with Gasteiger partial charge in [-0.15, -0.1) is 0 Å². The molecule has 0 saturated heterocycles. The van der Waals surface area contributed by atoms with Crippen LogP contribution in [0.25, 0.3) is 10.8 Å². The third kappa shape index (κ3) is 3.17. The number of carbonyl (C=O) groups is 1. The van der Waals surface area contributed by atoms with Crippen LogP contribution in [0.1, 0.15) is 31.1 Å². The second-order valence-electron chi connectivity index (χ2n) is 5.85. The van der Waals surface area contributed by atoms with Gasteiger partial charge in [0.1, 0.15) is 5.60 Å². The maximum atomic E-state index is 12.3. The first-order chi connectivity index (χ1) is 9.70. The number of carbonyl (C=O) groups excluding carboxylic acids is 1. The van der Waals surface area contributed by atoms with Gasteiger partial charge < -0.3 is 20.5 Å². The average Bonchev–Trinajstić information content (AvgIpc) is 2.35. The highest BCUT2D eigenvalue weighted by Crippen LogP contribution is 2.23. The van der Waals surface area contributed by atoms with E-state index in [0.29, 0.717) is 16.3 Å². The van der Waals surface area contributed by atoms with Crippen molar-refractivity contribution in [1.29, 1.82) is 0 Å². The van der Waals surface area contributed by atoms with E-state index in [2.05, 4.69) is 0 Å². The first-order valence-electron chi connectivity index (χ1n) is 6.61. The number of esters is 1. The number of hydrogen-bond donors (Lipinski definition) is 3. The lowest BCUT2D eigenvalue weighted by molar-refractivity contribution is 0.00719. The molecular formula is C15H18BNO4. The third-order valence-corrected chi connectivity index (χ3v) is 3.00. The summed E-state index contributed by atoms with van der Waals surface area (Å²) in [6.45, 7) is 5.34. The molecule has 2 rings (SSSR count). The normalized spacial score (nSPS) is 11.5. The molecule has 0 radical (unpaired) electrons. The Balaban J connectivity index is 2.67. The Labute approximate surface area is 123 Å². The first-order valence-corrected chi connectivity index (χ1v) is 6.61. The van der Waals surface area contributed by atoms with Crippen LogP contribution in [-0.4, -0.2) is 28.7 Å². The molecular weight excluding hydrogens is 269 g/mol. The van der Waals surface area contributed by atoms with E-state index in [1.54, 1.807) is 45.0 Å². The summed E-state index contributed by atoms with van der Waals surface area (Å²) >= 11 is 0. The zero-order valence-corrected chi connectivity index (χ0v) is 12.3. The Hall–Kier alpha value is -2.05. The van der Waals surface area contributed by atoms with Crippen molar-refractivity contribution in [3.63, 3.8) is 0 Å². The molecule has 0 amide bonds. The van der Waals surface area contributed by atoms with Crippen molar-refractivity contribution in [2.75, 3.05) is 5.73 Å². The van der Waals surface area contributed by atoms with Gasteiger partial charge in [-0.2, -0.15) is 0 Å². The average molecular weight is 287 g/mol. The van der Waals surface area contributed by atoms with Crippen LogP contribution in [0.2, 0.25) is 0 Å². The molecule has 0 unspecified atom stereocenters. The van der Waals surface area contributed by atoms with Crippen LogP contribution in [0.5, 0.6) is 0 Å². The monoisotopic (exact) mass is 287 g/mol. The van der Waals surface area contributed by atoms with Gasteiger partial charge in [-0.05, 0) is 37.6 Å². The van der Waals surface area contributed by atoms with E-state index in [0.717, 1.165) is 0 Å². The second kappa shape index (κ2) is 5.39. The van der Waals surface area contributed by atoms with E-state index >= 15 is 0 Å². The van der Waals surface area contributed by atoms with Gasteiger partial charge in [-0.1, -0.05) is 24.3 Å². The van der Waals surface area contributed by atoms with Crippen LogP contribution < -0.4 is 11.2 Å². The molecule has 6 heteroatoms. The predicted octanol–water partition coefficient (Wildman–Crippen LogP) is 1.06. The Morgan fingerprint density at radius 1 is 1.19 bits per heavy atom. The van der Waals surface area contributed by atoms with Crippen molar-refractivity contribution in [3.05, 3.63) is 35.9 Å². The van der Waals surface area contributed by atoms with Gasteiger partial charge in [-0.3, -0.25) is 0 Å². The molecule has 21 heavy (non-hydrogen) atoms. The Morgan fingerprint density at radius 3 is 2.29 bits per heavy atom. The number of hydrogen-bond acceptors (Lipinski definition) is 5. The Kier molecular flexibility index (Phi) is 3.94. The minimum absolute atomic E-state index is 0.143. The maximum Gasteiger partial charge on any atom is 0.491 e. The summed E-state index contributed by atoms with van der Waals surface area (Å²) in [5, 5.41) is 20.1. The van der Waals surface area contributed by atoms with Crippen LogP contribution in [0.15, 0.2) is 30.3 Å². The third-order valence-electron chi connectivity index (χ3n) is 3.00. The SMILES string of the molecule is CC(C)(C)OC(=O)c1cc(N)c(B(O)O)c2ccccc12. The summed E-state index contributed by atoms with van der Waals surface area (Å²) in [6.07, 6.45) is 0. The van der Waals surface area contributed by atoms with Crippen molar-refractivity contribution in [1.82, 2.24) is 0 Å². The molecule has 0 aliphatic heterocycles. The summed E-state index contributed by atoms with van der Waals surface area (Å²) < 4.78 is 5.37. The molecule has 0 aliphatic carbocycles. The highest BCUT2D eigenvalue weighted by Gasteiger charge is 2.25. The van der Waals surface area contributed by atoms with Crippen molar-refractivity contribution in [2.45, 2.75) is 26.4 Å². The molecule has 0 saturated carbocycles. The molecule has 0 heterocycles. The predicted molar refractivity (Wildman–Crippen MR) is 83.4 cm³/mol. The Morgan fingerprint density at radius 2 is 1.76 bits per heavy atom. The summed E-state index contributed by atoms with van der Waals surface area (Å²) in [6, 6.07) is 8.34. The van der Waals surface area contributed by atoms with E-state index in [1.807, 2.05) is 0 Å². The van der Waals surface area contributed by atoms with Crippen LogP contribution in [0.4, 0.5) is 5.69 Å². The molecule has 0 aromatic heterocycles. The second-order valence-corrected chi connectivity index (χ2v) is 5.85. The molecule has 0 spiro atoms. The standard InChI is InChI=1S/C15H18BNO4/c1-15(2,3)21-14(18)11-8-12(17)13(16(19)20)10-7-5-4-6-9(10)11/h4-8,19-20H,17H2,1-3H3. The molecule has 4 N–H and O–H groups in total. The zero-order valence-electron chi connectivity index (χ0n) is 12.3. The highest BCUT2D eigenvalue weighted by molar-refractivity contribution is 6.64. The van der Waals surface area contributed by atoms with Crippen molar-refractivity contribution in [2.24, 2.45) is 0 Å². The number of nitrogens with two attached hydrogens (primary N) is 1. The van der Waals surface area contributed by atoms with Crippen molar-refractivity contribution < 1.29 is 19.6 Å². The maximum absolute atomic E-state index is 12.3. The quantitative estimate of drug-likeness (QED) is 0.436. The van der Waals surface area contributed by atoms with Crippen LogP contribution in [0.3, 0.4) is 0 Å². The van der Waals surface area contributed by atoms with Crippen molar-refractivity contribution >= 4 is 35.0 Å². The highest BCUT2D eigenvalue weighted by atomic mass is 16.6. The molecule has 110 valence electrons. The fourth-order valence-corrected chi connectivity index (χ4v) is 2.21. The smallest absolute Gasteiger partial charge is 0.456 e. The lowest BCUT2D eigenvalue weighted by atomic mass is 9.75. The minimum Gasteiger partial charge on any atom is -0.456 e. The van der Waals surface area contributed by atoms with Gasteiger partial charge in [0.25, 0.3) is 0 Å². The number of rotatable bonds is 2. The topological polar surface area (TPSA) is 92.8 Å². The molecule has 2 aromatic rings. The summed E-state index contributed by atoms with van der Waals surface area (Å²) in [7, 11) is -1.71. The first kappa shape index (κ1) is 15.3. The van der Waals surface area contributed by atoms with Crippen LogP contribution in [0, 0.1) is 0 Å². The van der Waals surface area contributed by atoms with E-state index < -0.39 is 18.7 Å². The van der Waals surface area contributed by atoms with E-state index in [-0.39, 0.29) is 11.2 Å². The minimum atomic E-state index is -1.71. The van der Waals surface area contributed by atoms with Crippen LogP contribution in [-0.2, 0) is 4.74 Å². The lowest BCUT2D eigenvalue weighted by Crippen LogP contribution is -2.34. The number of nitrogen functional groups attached to an aromatic ring is 1. The lowest BCUT2D eigenvalue weighted by Gasteiger charge is -2.21. The fraction of sp³-hybridized carbons (Fsp3) is 0.267. The molecule has 0 aliphatic rings. The van der Waals surface area contributed by atoms with Gasteiger partial charge in [0.15, 0.2) is 0 Å². The van der Waals surface area contributed by atoms with Gasteiger partial charge in [0, 0.05) is 11.2 Å². The van der Waals surface area contributed by atoms with E-state index in [4.69, 9.17) is 10.5 Å². The van der Waals surface area contributed by atoms with E-state index in [1.165, 1.54) is 6.07 Å². The fourth-order valence-electron chi connectivity index (χ4n) is 2.21. The molecule has 5 nitrogen and oxygen atoms in total. The molecule has 0 fully saturated rings. The number of anilines is 1. The van der Waals surface area contributed by atoms with Gasteiger partial charge >= 0.3 is 13.1 Å². The van der Waals surface area contributed by atoms with Crippen molar-refractivity contribution in [3.8, 4) is 0 Å². The van der Waals surface area contributed by atoms with E-state index in [9.17, 15) is 14.8 Å².